The summed E-state index contributed by atoms with van der Waals surface area (Å²) < 4.78 is 0. The Morgan fingerprint density at radius 2 is 1.95 bits per heavy atom. The third kappa shape index (κ3) is 3.88. The summed E-state index contributed by atoms with van der Waals surface area (Å²) in [5.74, 6) is 10.4. The van der Waals surface area contributed by atoms with Crippen LogP contribution in [0.5, 0.6) is 0 Å². The largest absolute Gasteiger partial charge is 0.354 e. The molecule has 0 saturated carbocycles. The van der Waals surface area contributed by atoms with Gasteiger partial charge in [0.25, 0.3) is 0 Å². The van der Waals surface area contributed by atoms with Gasteiger partial charge in [0.15, 0.2) is 0 Å². The molecule has 116 valence electrons. The molecule has 1 unspecified atom stereocenters. The van der Waals surface area contributed by atoms with Gasteiger partial charge in [-0.3, -0.25) is 5.43 Å². The van der Waals surface area contributed by atoms with Crippen LogP contribution in [0.1, 0.15) is 25.7 Å². The highest BCUT2D eigenvalue weighted by molar-refractivity contribution is 7.99. The molecule has 1 aromatic heterocycles. The Labute approximate surface area is 129 Å². The first kappa shape index (κ1) is 14.6. The molecule has 0 radical (unpaired) electrons. The number of nitrogens with one attached hydrogen (secondary N) is 2. The molecule has 0 aromatic carbocycles. The molecule has 3 rings (SSSR count). The second-order valence-electron chi connectivity index (χ2n) is 5.59. The number of hydrazine groups is 1. The van der Waals surface area contributed by atoms with Gasteiger partial charge >= 0.3 is 0 Å². The molecule has 2 aliphatic rings. The van der Waals surface area contributed by atoms with Crippen LogP contribution in [-0.4, -0.2) is 46.1 Å². The maximum absolute atomic E-state index is 5.48. The first-order valence-electron chi connectivity index (χ1n) is 7.64. The van der Waals surface area contributed by atoms with Crippen LogP contribution in [-0.2, 0) is 0 Å². The van der Waals surface area contributed by atoms with Crippen molar-refractivity contribution in [1.29, 1.82) is 0 Å². The molecule has 7 nitrogen and oxygen atoms in total. The van der Waals surface area contributed by atoms with Gasteiger partial charge in [-0.25, -0.2) is 5.84 Å². The van der Waals surface area contributed by atoms with Gasteiger partial charge in [0, 0.05) is 19.6 Å². The molecule has 3 heterocycles. The monoisotopic (exact) mass is 309 g/mol. The highest BCUT2D eigenvalue weighted by atomic mass is 32.2. The fourth-order valence-electron chi connectivity index (χ4n) is 2.72. The van der Waals surface area contributed by atoms with Gasteiger partial charge in [0.2, 0.25) is 17.8 Å². The van der Waals surface area contributed by atoms with Crippen LogP contribution in [0.25, 0.3) is 0 Å². The lowest BCUT2D eigenvalue weighted by molar-refractivity contribution is 0.567. The average Bonchev–Trinajstić information content (AvgIpc) is 3.07. The van der Waals surface area contributed by atoms with Gasteiger partial charge < -0.3 is 10.2 Å². The van der Waals surface area contributed by atoms with Crippen molar-refractivity contribution in [3.8, 4) is 0 Å². The van der Waals surface area contributed by atoms with E-state index in [0.717, 1.165) is 25.6 Å². The molecular formula is C13H23N7S. The number of anilines is 3. The van der Waals surface area contributed by atoms with Crippen molar-refractivity contribution in [3.63, 3.8) is 0 Å². The minimum Gasteiger partial charge on any atom is -0.354 e. The Hall–Kier alpha value is -1.28. The van der Waals surface area contributed by atoms with Crippen LogP contribution >= 0.6 is 11.8 Å². The number of piperidine rings is 1. The van der Waals surface area contributed by atoms with E-state index in [9.17, 15) is 0 Å². The third-order valence-electron chi connectivity index (χ3n) is 3.96. The molecule has 2 fully saturated rings. The molecular weight excluding hydrogens is 286 g/mol. The number of nitrogens with two attached hydrogens (primary N) is 1. The van der Waals surface area contributed by atoms with Crippen LogP contribution in [0.2, 0.25) is 0 Å². The van der Waals surface area contributed by atoms with Crippen molar-refractivity contribution < 1.29 is 0 Å². The lowest BCUT2D eigenvalue weighted by atomic mass is 10.1. The van der Waals surface area contributed by atoms with E-state index in [1.165, 1.54) is 37.2 Å². The lowest BCUT2D eigenvalue weighted by Crippen LogP contribution is -2.32. The van der Waals surface area contributed by atoms with Crippen LogP contribution in [0.4, 0.5) is 17.8 Å². The van der Waals surface area contributed by atoms with Crippen molar-refractivity contribution in [2.45, 2.75) is 25.7 Å². The molecule has 1 aromatic rings. The molecule has 0 amide bonds. The van der Waals surface area contributed by atoms with E-state index in [0.29, 0.717) is 17.8 Å². The highest BCUT2D eigenvalue weighted by Crippen LogP contribution is 2.24. The summed E-state index contributed by atoms with van der Waals surface area (Å²) >= 11 is 2.02. The van der Waals surface area contributed by atoms with E-state index in [2.05, 4.69) is 30.6 Å². The summed E-state index contributed by atoms with van der Waals surface area (Å²) in [7, 11) is 0. The average molecular weight is 309 g/mol. The van der Waals surface area contributed by atoms with E-state index < -0.39 is 0 Å². The molecule has 0 bridgehead atoms. The van der Waals surface area contributed by atoms with E-state index >= 15 is 0 Å². The predicted molar refractivity (Wildman–Crippen MR) is 87.6 cm³/mol. The Morgan fingerprint density at radius 1 is 1.14 bits per heavy atom. The molecule has 1 atom stereocenters. The van der Waals surface area contributed by atoms with Gasteiger partial charge in [-0.15, -0.1) is 0 Å². The van der Waals surface area contributed by atoms with Gasteiger partial charge in [-0.1, -0.05) is 0 Å². The number of rotatable bonds is 5. The fraction of sp³-hybridized carbons (Fsp3) is 0.769. The second kappa shape index (κ2) is 7.13. The van der Waals surface area contributed by atoms with E-state index in [-0.39, 0.29) is 0 Å². The summed E-state index contributed by atoms with van der Waals surface area (Å²) in [6, 6.07) is 0. The molecule has 21 heavy (non-hydrogen) atoms. The summed E-state index contributed by atoms with van der Waals surface area (Å²) in [5.41, 5.74) is 2.54. The summed E-state index contributed by atoms with van der Waals surface area (Å²) in [6.07, 6.45) is 4.94. The van der Waals surface area contributed by atoms with Gasteiger partial charge in [0.1, 0.15) is 0 Å². The number of aromatic nitrogens is 3. The topological polar surface area (TPSA) is 92.0 Å². The van der Waals surface area contributed by atoms with Gasteiger partial charge in [0.05, 0.1) is 0 Å². The van der Waals surface area contributed by atoms with Crippen LogP contribution in [0, 0.1) is 5.92 Å². The summed E-state index contributed by atoms with van der Waals surface area (Å²) in [6.45, 7) is 2.93. The zero-order valence-corrected chi connectivity index (χ0v) is 13.0. The Balaban J connectivity index is 1.69. The number of hydrogen-bond acceptors (Lipinski definition) is 8. The van der Waals surface area contributed by atoms with Crippen LogP contribution in [0.3, 0.4) is 0 Å². The maximum Gasteiger partial charge on any atom is 0.243 e. The molecule has 8 heteroatoms. The zero-order chi connectivity index (χ0) is 14.5. The Bertz CT molecular complexity index is 458. The number of nitrogen functional groups attached to an aromatic ring is 1. The maximum atomic E-state index is 5.48. The molecule has 2 saturated heterocycles. The molecule has 4 N–H and O–H groups in total. The minimum atomic E-state index is 0.425. The summed E-state index contributed by atoms with van der Waals surface area (Å²) in [4.78, 5) is 15.5. The number of nitrogens with zero attached hydrogens (tertiary/aromatic N) is 4. The van der Waals surface area contributed by atoms with Crippen LogP contribution < -0.4 is 21.5 Å². The van der Waals surface area contributed by atoms with Crippen molar-refractivity contribution in [2.75, 3.05) is 46.8 Å². The number of thioether (sulfide) groups is 1. The fourth-order valence-corrected chi connectivity index (χ4v) is 4.01. The van der Waals surface area contributed by atoms with E-state index in [1.54, 1.807) is 0 Å². The third-order valence-corrected chi connectivity index (χ3v) is 5.20. The molecule has 0 spiro atoms. The molecule has 0 aliphatic carbocycles. The summed E-state index contributed by atoms with van der Waals surface area (Å²) in [5, 5.41) is 3.34. The van der Waals surface area contributed by atoms with Gasteiger partial charge in [-0.2, -0.15) is 26.7 Å². The zero-order valence-electron chi connectivity index (χ0n) is 12.2. The van der Waals surface area contributed by atoms with E-state index in [4.69, 9.17) is 5.84 Å². The SMILES string of the molecule is NNc1nc(NCC2CCSC2)nc(N2CCCCC2)n1. The van der Waals surface area contributed by atoms with Crippen molar-refractivity contribution in [2.24, 2.45) is 11.8 Å². The Morgan fingerprint density at radius 3 is 2.67 bits per heavy atom. The minimum absolute atomic E-state index is 0.425. The second-order valence-corrected chi connectivity index (χ2v) is 6.74. The molecule has 2 aliphatic heterocycles. The van der Waals surface area contributed by atoms with Gasteiger partial charge in [-0.05, 0) is 43.1 Å². The first-order chi connectivity index (χ1) is 10.3. The quantitative estimate of drug-likeness (QED) is 0.554. The predicted octanol–water partition coefficient (Wildman–Crippen LogP) is 1.31. The van der Waals surface area contributed by atoms with E-state index in [1.807, 2.05) is 11.8 Å². The van der Waals surface area contributed by atoms with Crippen molar-refractivity contribution in [1.82, 2.24) is 15.0 Å². The standard InChI is InChI=1S/C13H23N7S/c14-19-12-16-11(15-8-10-4-7-21-9-10)17-13(18-12)20-5-2-1-3-6-20/h10H,1-9,14H2,(H2,15,16,17,18,19). The van der Waals surface area contributed by atoms with Crippen molar-refractivity contribution in [3.05, 3.63) is 0 Å². The normalized spacial score (nSPS) is 22.3. The van der Waals surface area contributed by atoms with Crippen LogP contribution in [0.15, 0.2) is 0 Å². The Kier molecular flexibility index (Phi) is 4.97. The number of hydrogen-bond donors (Lipinski definition) is 3. The highest BCUT2D eigenvalue weighted by Gasteiger charge is 2.18. The first-order valence-corrected chi connectivity index (χ1v) is 8.80. The smallest absolute Gasteiger partial charge is 0.243 e. The van der Waals surface area contributed by atoms with Crippen molar-refractivity contribution >= 4 is 29.6 Å². The lowest BCUT2D eigenvalue weighted by Gasteiger charge is -2.27.